The van der Waals surface area contributed by atoms with Crippen LogP contribution in [0.5, 0.6) is 0 Å². The zero-order chi connectivity index (χ0) is 12.3. The molecular formula is C11H14N2O2S2. The highest BCUT2D eigenvalue weighted by molar-refractivity contribution is 8.00. The third-order valence-electron chi connectivity index (χ3n) is 2.46. The highest BCUT2D eigenvalue weighted by Crippen LogP contribution is 2.15. The van der Waals surface area contributed by atoms with Crippen molar-refractivity contribution in [2.24, 2.45) is 5.10 Å². The fraction of sp³-hybridized carbons (Fsp3) is 0.364. The Kier molecular flexibility index (Phi) is 3.73. The summed E-state index contributed by atoms with van der Waals surface area (Å²) in [6, 6.07) is 6.71. The van der Waals surface area contributed by atoms with E-state index >= 15 is 0 Å². The Labute approximate surface area is 106 Å². The molecule has 1 N–H and O–H groups in total. The molecule has 0 aromatic heterocycles. The van der Waals surface area contributed by atoms with E-state index in [1.165, 1.54) is 0 Å². The van der Waals surface area contributed by atoms with Gasteiger partial charge in [-0.1, -0.05) is 17.7 Å². The van der Waals surface area contributed by atoms with Crippen LogP contribution in [-0.2, 0) is 10.0 Å². The normalized spacial score (nSPS) is 18.5. The van der Waals surface area contributed by atoms with Gasteiger partial charge in [0, 0.05) is 11.5 Å². The predicted octanol–water partition coefficient (Wildman–Crippen LogP) is 1.77. The minimum Gasteiger partial charge on any atom is -0.200 e. The predicted molar refractivity (Wildman–Crippen MR) is 70.9 cm³/mol. The van der Waals surface area contributed by atoms with Gasteiger partial charge in [-0.3, -0.25) is 0 Å². The van der Waals surface area contributed by atoms with Crippen LogP contribution in [0.3, 0.4) is 0 Å². The highest BCUT2D eigenvalue weighted by Gasteiger charge is 2.14. The Hall–Kier alpha value is -1.01. The van der Waals surface area contributed by atoms with Gasteiger partial charge in [-0.15, -0.1) is 0 Å². The van der Waals surface area contributed by atoms with E-state index in [-0.39, 0.29) is 4.90 Å². The molecule has 4 nitrogen and oxygen atoms in total. The number of thioether (sulfide) groups is 1. The molecule has 0 amide bonds. The van der Waals surface area contributed by atoms with E-state index < -0.39 is 10.0 Å². The molecule has 1 aromatic carbocycles. The minimum atomic E-state index is -3.51. The number of rotatable bonds is 3. The number of nitrogens with one attached hydrogen (secondary N) is 1. The summed E-state index contributed by atoms with van der Waals surface area (Å²) < 4.78 is 23.8. The second-order valence-electron chi connectivity index (χ2n) is 3.89. The van der Waals surface area contributed by atoms with Gasteiger partial charge in [-0.05, 0) is 31.2 Å². The first kappa shape index (κ1) is 12.4. The van der Waals surface area contributed by atoms with Crippen LogP contribution >= 0.6 is 11.8 Å². The van der Waals surface area contributed by atoms with E-state index in [1.807, 2.05) is 6.92 Å². The van der Waals surface area contributed by atoms with Crippen LogP contribution in [0.2, 0.25) is 0 Å². The van der Waals surface area contributed by atoms with E-state index in [9.17, 15) is 8.42 Å². The average Bonchev–Trinajstić information content (AvgIpc) is 2.80. The lowest BCUT2D eigenvalue weighted by atomic mass is 10.2. The SMILES string of the molecule is Cc1ccc(S(=O)(=O)N/N=C2/CCSC2)cc1. The summed E-state index contributed by atoms with van der Waals surface area (Å²) in [4.78, 5) is 2.53. The van der Waals surface area contributed by atoms with Crippen molar-refractivity contribution in [3.63, 3.8) is 0 Å². The van der Waals surface area contributed by atoms with Gasteiger partial charge in [0.2, 0.25) is 0 Å². The first-order valence-electron chi connectivity index (χ1n) is 5.29. The monoisotopic (exact) mass is 270 g/mol. The average molecular weight is 270 g/mol. The Bertz CT molecular complexity index is 513. The van der Waals surface area contributed by atoms with Gasteiger partial charge in [-0.2, -0.15) is 25.3 Å². The lowest BCUT2D eigenvalue weighted by Gasteiger charge is -2.04. The van der Waals surface area contributed by atoms with Crippen LogP contribution in [0.25, 0.3) is 0 Å². The van der Waals surface area contributed by atoms with Gasteiger partial charge < -0.3 is 0 Å². The Balaban J connectivity index is 2.13. The summed E-state index contributed by atoms with van der Waals surface area (Å²) in [5.41, 5.74) is 1.94. The van der Waals surface area contributed by atoms with Crippen LogP contribution in [0, 0.1) is 6.92 Å². The third kappa shape index (κ3) is 3.23. The Morgan fingerprint density at radius 1 is 1.29 bits per heavy atom. The van der Waals surface area contributed by atoms with E-state index in [0.29, 0.717) is 0 Å². The van der Waals surface area contributed by atoms with Crippen LogP contribution in [-0.4, -0.2) is 25.6 Å². The number of nitrogens with zero attached hydrogens (tertiary/aromatic N) is 1. The zero-order valence-electron chi connectivity index (χ0n) is 9.51. The molecule has 1 aromatic rings. The highest BCUT2D eigenvalue weighted by atomic mass is 32.2. The largest absolute Gasteiger partial charge is 0.276 e. The first-order chi connectivity index (χ1) is 8.08. The number of hydrogen-bond acceptors (Lipinski definition) is 4. The fourth-order valence-corrected chi connectivity index (χ4v) is 3.25. The molecular weight excluding hydrogens is 256 g/mol. The van der Waals surface area contributed by atoms with Crippen LogP contribution in [0.1, 0.15) is 12.0 Å². The maximum absolute atomic E-state index is 11.9. The molecule has 17 heavy (non-hydrogen) atoms. The van der Waals surface area contributed by atoms with E-state index in [2.05, 4.69) is 9.93 Å². The van der Waals surface area contributed by atoms with Crippen molar-refractivity contribution in [2.45, 2.75) is 18.2 Å². The van der Waals surface area contributed by atoms with Crippen molar-refractivity contribution in [2.75, 3.05) is 11.5 Å². The van der Waals surface area contributed by atoms with Crippen LogP contribution in [0.15, 0.2) is 34.3 Å². The lowest BCUT2D eigenvalue weighted by Crippen LogP contribution is -2.20. The molecule has 2 rings (SSSR count). The topological polar surface area (TPSA) is 58.5 Å². The quantitative estimate of drug-likeness (QED) is 0.852. The Morgan fingerprint density at radius 3 is 2.59 bits per heavy atom. The third-order valence-corrected chi connectivity index (χ3v) is 4.71. The van der Waals surface area contributed by atoms with Crippen LogP contribution in [0.4, 0.5) is 0 Å². The number of hydrazone groups is 1. The lowest BCUT2D eigenvalue weighted by molar-refractivity contribution is 0.584. The molecule has 0 atom stereocenters. The number of benzene rings is 1. The maximum atomic E-state index is 11.9. The van der Waals surface area contributed by atoms with Crippen molar-refractivity contribution in [3.05, 3.63) is 29.8 Å². The molecule has 1 aliphatic heterocycles. The van der Waals surface area contributed by atoms with Crippen molar-refractivity contribution < 1.29 is 8.42 Å². The van der Waals surface area contributed by atoms with Gasteiger partial charge in [0.25, 0.3) is 10.0 Å². The fourth-order valence-electron chi connectivity index (χ4n) is 1.44. The molecule has 6 heteroatoms. The second-order valence-corrected chi connectivity index (χ2v) is 6.65. The van der Waals surface area contributed by atoms with Gasteiger partial charge in [0.05, 0.1) is 4.90 Å². The number of aryl methyl sites for hydroxylation is 1. The summed E-state index contributed by atoms with van der Waals surface area (Å²) in [6.07, 6.45) is 0.862. The molecule has 1 fully saturated rings. The number of sulfonamides is 1. The summed E-state index contributed by atoms with van der Waals surface area (Å²) in [7, 11) is -3.51. The standard InChI is InChI=1S/C11H14N2O2S2/c1-9-2-4-11(5-3-9)17(14,15)13-12-10-6-7-16-8-10/h2-5,13H,6-8H2,1H3/b12-10-. The molecule has 1 saturated heterocycles. The van der Waals surface area contributed by atoms with Crippen molar-refractivity contribution in [1.29, 1.82) is 0 Å². The van der Waals surface area contributed by atoms with Gasteiger partial charge in [0.15, 0.2) is 0 Å². The van der Waals surface area contributed by atoms with Crippen molar-refractivity contribution in [1.82, 2.24) is 4.83 Å². The molecule has 0 radical (unpaired) electrons. The molecule has 0 spiro atoms. The summed E-state index contributed by atoms with van der Waals surface area (Å²) >= 11 is 1.76. The van der Waals surface area contributed by atoms with E-state index in [4.69, 9.17) is 0 Å². The van der Waals surface area contributed by atoms with E-state index in [1.54, 1.807) is 36.0 Å². The molecule has 0 bridgehead atoms. The smallest absolute Gasteiger partial charge is 0.200 e. The minimum absolute atomic E-state index is 0.248. The second kappa shape index (κ2) is 5.10. The van der Waals surface area contributed by atoms with Gasteiger partial charge in [-0.25, -0.2) is 4.83 Å². The summed E-state index contributed by atoms with van der Waals surface area (Å²) in [5.74, 6) is 1.83. The molecule has 0 unspecified atom stereocenters. The van der Waals surface area contributed by atoms with Gasteiger partial charge in [0.1, 0.15) is 0 Å². The maximum Gasteiger partial charge on any atom is 0.276 e. The molecule has 92 valence electrons. The van der Waals surface area contributed by atoms with E-state index in [0.717, 1.165) is 29.2 Å². The summed E-state index contributed by atoms with van der Waals surface area (Å²) in [6.45, 7) is 1.92. The Morgan fingerprint density at radius 2 is 2.00 bits per heavy atom. The van der Waals surface area contributed by atoms with Crippen molar-refractivity contribution >= 4 is 27.5 Å². The molecule has 1 aliphatic rings. The summed E-state index contributed by atoms with van der Waals surface area (Å²) in [5, 5.41) is 3.95. The first-order valence-corrected chi connectivity index (χ1v) is 7.93. The molecule has 0 saturated carbocycles. The van der Waals surface area contributed by atoms with Crippen LogP contribution < -0.4 is 4.83 Å². The molecule has 0 aliphatic carbocycles. The number of hydrogen-bond donors (Lipinski definition) is 1. The van der Waals surface area contributed by atoms with Crippen molar-refractivity contribution in [3.8, 4) is 0 Å². The van der Waals surface area contributed by atoms with Gasteiger partial charge >= 0.3 is 0 Å². The molecule has 1 heterocycles. The zero-order valence-corrected chi connectivity index (χ0v) is 11.1.